The van der Waals surface area contributed by atoms with Crippen LogP contribution in [0.3, 0.4) is 0 Å². The number of hydrogen-bond donors (Lipinski definition) is 2. The molecule has 2 atom stereocenters. The molecular formula is C10H19NO6S. The Hall–Kier alpha value is -0.700. The third-order valence-corrected chi connectivity index (χ3v) is 4.11. The predicted octanol–water partition coefficient (Wildman–Crippen LogP) is -0.425. The molecule has 1 fully saturated rings. The highest BCUT2D eigenvalue weighted by atomic mass is 32.2. The predicted molar refractivity (Wildman–Crippen MR) is 63.8 cm³/mol. The summed E-state index contributed by atoms with van der Waals surface area (Å²) in [6.07, 6.45) is 1.29. The van der Waals surface area contributed by atoms with E-state index in [4.69, 9.17) is 14.6 Å². The molecule has 106 valence electrons. The monoisotopic (exact) mass is 281 g/mol. The van der Waals surface area contributed by atoms with Gasteiger partial charge in [-0.3, -0.25) is 4.79 Å². The van der Waals surface area contributed by atoms with E-state index in [1.54, 1.807) is 0 Å². The minimum Gasteiger partial charge on any atom is -0.480 e. The number of methoxy groups -OCH3 is 1. The van der Waals surface area contributed by atoms with Crippen LogP contribution in [-0.4, -0.2) is 57.7 Å². The Kier molecular flexibility index (Phi) is 6.00. The van der Waals surface area contributed by atoms with Gasteiger partial charge in [-0.05, 0) is 19.3 Å². The van der Waals surface area contributed by atoms with Crippen LogP contribution in [0.5, 0.6) is 0 Å². The van der Waals surface area contributed by atoms with E-state index >= 15 is 0 Å². The molecule has 0 aromatic rings. The topological polar surface area (TPSA) is 102 Å². The lowest BCUT2D eigenvalue weighted by Gasteiger charge is -2.16. The average molecular weight is 281 g/mol. The Labute approximate surface area is 107 Å². The van der Waals surface area contributed by atoms with Crippen molar-refractivity contribution in [3.63, 3.8) is 0 Å². The van der Waals surface area contributed by atoms with Crippen LogP contribution in [-0.2, 0) is 24.3 Å². The Bertz CT molecular complexity index is 363. The van der Waals surface area contributed by atoms with Crippen LogP contribution in [0.25, 0.3) is 0 Å². The van der Waals surface area contributed by atoms with Gasteiger partial charge >= 0.3 is 5.97 Å². The SMILES string of the molecule is COCCC(NS(=O)(=O)CC1CCCO1)C(=O)O. The number of sulfonamides is 1. The minimum atomic E-state index is -3.65. The van der Waals surface area contributed by atoms with Crippen LogP contribution in [0.4, 0.5) is 0 Å². The van der Waals surface area contributed by atoms with Crippen molar-refractivity contribution in [3.8, 4) is 0 Å². The molecule has 2 N–H and O–H groups in total. The van der Waals surface area contributed by atoms with E-state index < -0.39 is 22.0 Å². The smallest absolute Gasteiger partial charge is 0.321 e. The first kappa shape index (κ1) is 15.4. The van der Waals surface area contributed by atoms with Crippen LogP contribution < -0.4 is 4.72 Å². The number of carboxylic acid groups (broad SMARTS) is 1. The maximum Gasteiger partial charge on any atom is 0.321 e. The molecule has 7 nitrogen and oxygen atoms in total. The van der Waals surface area contributed by atoms with Crippen molar-refractivity contribution in [2.75, 3.05) is 26.1 Å². The number of carboxylic acids is 1. The zero-order chi connectivity index (χ0) is 13.6. The normalized spacial score (nSPS) is 21.9. The second-order valence-electron chi connectivity index (χ2n) is 4.21. The first-order valence-corrected chi connectivity index (χ1v) is 7.43. The van der Waals surface area contributed by atoms with E-state index in [-0.39, 0.29) is 24.9 Å². The fraction of sp³-hybridized carbons (Fsp3) is 0.900. The number of rotatable bonds is 8. The maximum atomic E-state index is 11.8. The summed E-state index contributed by atoms with van der Waals surface area (Å²) in [4.78, 5) is 10.9. The van der Waals surface area contributed by atoms with Crippen LogP contribution in [0.2, 0.25) is 0 Å². The van der Waals surface area contributed by atoms with Crippen molar-refractivity contribution in [3.05, 3.63) is 0 Å². The third kappa shape index (κ3) is 5.30. The first-order valence-electron chi connectivity index (χ1n) is 5.78. The number of ether oxygens (including phenoxy) is 2. The molecule has 2 unspecified atom stereocenters. The lowest BCUT2D eigenvalue weighted by molar-refractivity contribution is -0.139. The summed E-state index contributed by atoms with van der Waals surface area (Å²) in [6, 6.07) is -1.16. The van der Waals surface area contributed by atoms with Crippen LogP contribution in [0.15, 0.2) is 0 Å². The number of aliphatic carboxylic acids is 1. The second-order valence-corrected chi connectivity index (χ2v) is 6.01. The average Bonchev–Trinajstić information content (AvgIpc) is 2.75. The molecule has 1 saturated heterocycles. The Morgan fingerprint density at radius 3 is 2.83 bits per heavy atom. The van der Waals surface area contributed by atoms with E-state index in [0.717, 1.165) is 6.42 Å². The van der Waals surface area contributed by atoms with Crippen LogP contribution >= 0.6 is 0 Å². The Morgan fingerprint density at radius 2 is 2.33 bits per heavy atom. The molecule has 0 radical (unpaired) electrons. The van der Waals surface area contributed by atoms with E-state index in [2.05, 4.69) is 4.72 Å². The zero-order valence-corrected chi connectivity index (χ0v) is 11.1. The minimum absolute atomic E-state index is 0.0938. The first-order chi connectivity index (χ1) is 8.44. The van der Waals surface area contributed by atoms with Crippen molar-refractivity contribution in [1.29, 1.82) is 0 Å². The van der Waals surface area contributed by atoms with Gasteiger partial charge in [0.15, 0.2) is 0 Å². The van der Waals surface area contributed by atoms with Gasteiger partial charge < -0.3 is 14.6 Å². The molecule has 1 aliphatic heterocycles. The molecule has 0 saturated carbocycles. The van der Waals surface area contributed by atoms with E-state index in [1.807, 2.05) is 0 Å². The number of hydrogen-bond acceptors (Lipinski definition) is 5. The molecule has 0 spiro atoms. The summed E-state index contributed by atoms with van der Waals surface area (Å²) in [5.74, 6) is -1.40. The summed E-state index contributed by atoms with van der Waals surface area (Å²) in [5, 5.41) is 8.91. The summed E-state index contributed by atoms with van der Waals surface area (Å²) in [6.45, 7) is 0.742. The van der Waals surface area contributed by atoms with Gasteiger partial charge in [0, 0.05) is 20.3 Å². The quantitative estimate of drug-likeness (QED) is 0.626. The van der Waals surface area contributed by atoms with Crippen molar-refractivity contribution >= 4 is 16.0 Å². The lowest BCUT2D eigenvalue weighted by atomic mass is 10.2. The highest BCUT2D eigenvalue weighted by Gasteiger charge is 2.28. The molecule has 0 bridgehead atoms. The van der Waals surface area contributed by atoms with Crippen LogP contribution in [0.1, 0.15) is 19.3 Å². The number of carbonyl (C=O) groups is 1. The van der Waals surface area contributed by atoms with E-state index in [0.29, 0.717) is 13.0 Å². The van der Waals surface area contributed by atoms with Gasteiger partial charge in [0.25, 0.3) is 0 Å². The molecule has 0 aromatic carbocycles. The molecule has 1 heterocycles. The van der Waals surface area contributed by atoms with Crippen molar-refractivity contribution in [1.82, 2.24) is 4.72 Å². The Balaban J connectivity index is 2.52. The van der Waals surface area contributed by atoms with Crippen molar-refractivity contribution < 1.29 is 27.8 Å². The zero-order valence-electron chi connectivity index (χ0n) is 10.3. The fourth-order valence-electron chi connectivity index (χ4n) is 1.75. The van der Waals surface area contributed by atoms with Gasteiger partial charge in [-0.2, -0.15) is 0 Å². The maximum absolute atomic E-state index is 11.8. The summed E-state index contributed by atoms with van der Waals surface area (Å²) < 4.78 is 35.7. The molecule has 8 heteroatoms. The summed E-state index contributed by atoms with van der Waals surface area (Å²) in [7, 11) is -2.22. The molecule has 1 aliphatic rings. The van der Waals surface area contributed by atoms with Gasteiger partial charge in [-0.1, -0.05) is 0 Å². The van der Waals surface area contributed by atoms with Crippen molar-refractivity contribution in [2.45, 2.75) is 31.4 Å². The van der Waals surface area contributed by atoms with E-state index in [1.165, 1.54) is 7.11 Å². The van der Waals surface area contributed by atoms with E-state index in [9.17, 15) is 13.2 Å². The van der Waals surface area contributed by atoms with Crippen molar-refractivity contribution in [2.24, 2.45) is 0 Å². The fourth-order valence-corrected chi connectivity index (χ4v) is 3.25. The number of nitrogens with one attached hydrogen (secondary N) is 1. The molecule has 0 aromatic heterocycles. The standard InChI is InChI=1S/C10H19NO6S/c1-16-6-4-9(10(12)13)11-18(14,15)7-8-3-2-5-17-8/h8-9,11H,2-7H2,1H3,(H,12,13). The van der Waals surface area contributed by atoms with Crippen LogP contribution in [0, 0.1) is 0 Å². The largest absolute Gasteiger partial charge is 0.480 e. The molecule has 18 heavy (non-hydrogen) atoms. The summed E-state index contributed by atoms with van der Waals surface area (Å²) in [5.41, 5.74) is 0. The highest BCUT2D eigenvalue weighted by Crippen LogP contribution is 2.13. The van der Waals surface area contributed by atoms with Gasteiger partial charge in [0.1, 0.15) is 6.04 Å². The van der Waals surface area contributed by atoms with Gasteiger partial charge in [0.05, 0.1) is 11.9 Å². The summed E-state index contributed by atoms with van der Waals surface area (Å²) >= 11 is 0. The molecule has 1 rings (SSSR count). The third-order valence-electron chi connectivity index (χ3n) is 2.66. The molecule has 0 aliphatic carbocycles. The Morgan fingerprint density at radius 1 is 1.61 bits per heavy atom. The van der Waals surface area contributed by atoms with Gasteiger partial charge in [-0.15, -0.1) is 0 Å². The van der Waals surface area contributed by atoms with Gasteiger partial charge in [-0.25, -0.2) is 13.1 Å². The lowest BCUT2D eigenvalue weighted by Crippen LogP contribution is -2.44. The second kappa shape index (κ2) is 7.03. The highest BCUT2D eigenvalue weighted by molar-refractivity contribution is 7.89. The molecule has 0 amide bonds. The van der Waals surface area contributed by atoms with Gasteiger partial charge in [0.2, 0.25) is 10.0 Å². The molecular weight excluding hydrogens is 262 g/mol.